The summed E-state index contributed by atoms with van der Waals surface area (Å²) in [6.07, 6.45) is 2.25. The fraction of sp³-hybridized carbons (Fsp3) is 0.353. The fourth-order valence-corrected chi connectivity index (χ4v) is 2.77. The first-order valence-electron chi connectivity index (χ1n) is 7.33. The molecule has 0 aliphatic heterocycles. The van der Waals surface area contributed by atoms with Gasteiger partial charge in [-0.1, -0.05) is 23.4 Å². The van der Waals surface area contributed by atoms with E-state index in [-0.39, 0.29) is 11.9 Å². The molecular formula is C17H21FN2O2S. The minimum Gasteiger partial charge on any atom is -0.598 e. The van der Waals surface area contributed by atoms with Crippen molar-refractivity contribution in [2.24, 2.45) is 0 Å². The van der Waals surface area contributed by atoms with Crippen LogP contribution in [0.2, 0.25) is 0 Å². The summed E-state index contributed by atoms with van der Waals surface area (Å²) in [6.45, 7) is 9.37. The summed E-state index contributed by atoms with van der Waals surface area (Å²) in [4.78, 5) is 0. The molecule has 0 bridgehead atoms. The molecule has 124 valence electrons. The van der Waals surface area contributed by atoms with Crippen molar-refractivity contribution in [1.82, 2.24) is 9.88 Å². The topological polar surface area (TPSA) is 61.1 Å². The van der Waals surface area contributed by atoms with E-state index < -0.39 is 16.1 Å². The minimum absolute atomic E-state index is 0.308. The summed E-state index contributed by atoms with van der Waals surface area (Å²) < 4.78 is 34.0. The van der Waals surface area contributed by atoms with E-state index in [1.54, 1.807) is 30.3 Å². The van der Waals surface area contributed by atoms with Crippen LogP contribution in [0.25, 0.3) is 11.3 Å². The number of nitrogens with one attached hydrogen (secondary N) is 1. The third kappa shape index (κ3) is 4.43. The van der Waals surface area contributed by atoms with Crippen molar-refractivity contribution in [3.8, 4) is 11.3 Å². The summed E-state index contributed by atoms with van der Waals surface area (Å²) in [5, 5.41) is 4.00. The molecule has 0 aliphatic carbocycles. The van der Waals surface area contributed by atoms with Crippen molar-refractivity contribution in [1.29, 1.82) is 0 Å². The van der Waals surface area contributed by atoms with Gasteiger partial charge in [-0.2, -0.15) is 0 Å². The van der Waals surface area contributed by atoms with Crippen LogP contribution in [0, 0.1) is 5.82 Å². The molecule has 6 heteroatoms. The van der Waals surface area contributed by atoms with E-state index >= 15 is 0 Å². The van der Waals surface area contributed by atoms with E-state index in [0.717, 1.165) is 0 Å². The molecule has 0 radical (unpaired) electrons. The Morgan fingerprint density at radius 2 is 2.13 bits per heavy atom. The highest BCUT2D eigenvalue weighted by Crippen LogP contribution is 2.28. The van der Waals surface area contributed by atoms with Crippen LogP contribution in [0.3, 0.4) is 0 Å². The van der Waals surface area contributed by atoms with E-state index in [2.05, 4.69) is 16.5 Å². The second-order valence-corrected chi connectivity index (χ2v) is 8.17. The first-order valence-corrected chi connectivity index (χ1v) is 8.48. The van der Waals surface area contributed by atoms with Gasteiger partial charge in [0.1, 0.15) is 22.3 Å². The average molecular weight is 336 g/mol. The second kappa shape index (κ2) is 7.29. The molecule has 1 aromatic heterocycles. The summed E-state index contributed by atoms with van der Waals surface area (Å²) in [5.74, 6) is -0.0304. The van der Waals surface area contributed by atoms with Gasteiger partial charge in [0.15, 0.2) is 5.76 Å². The lowest BCUT2D eigenvalue weighted by atomic mass is 10.1. The van der Waals surface area contributed by atoms with Crippen molar-refractivity contribution in [2.45, 2.75) is 38.0 Å². The molecule has 2 rings (SSSR count). The number of nitrogens with zero attached hydrogens (tertiary/aromatic N) is 1. The van der Waals surface area contributed by atoms with Gasteiger partial charge in [0.25, 0.3) is 0 Å². The molecule has 0 spiro atoms. The van der Waals surface area contributed by atoms with Crippen LogP contribution in [0.1, 0.15) is 38.9 Å². The van der Waals surface area contributed by atoms with Crippen LogP contribution < -0.4 is 4.72 Å². The summed E-state index contributed by atoms with van der Waals surface area (Å²) in [5.41, 5.74) is 0.918. The Bertz CT molecular complexity index is 667. The van der Waals surface area contributed by atoms with Crippen molar-refractivity contribution < 1.29 is 13.5 Å². The van der Waals surface area contributed by atoms with Gasteiger partial charge in [0.05, 0.1) is 5.56 Å². The standard InChI is InChI=1S/C17H21FN2O2S/c1-5-8-14(20-23(21)17(2,3)4)15-11-16(22-19-15)12-9-6-7-10-13(12)18/h5-7,9-11,14,20H,1,8H2,2-4H3/t14?,23-/m0/s1. The summed E-state index contributed by atoms with van der Waals surface area (Å²) >= 11 is -1.26. The Hall–Kier alpha value is -1.63. The Labute approximate surface area is 139 Å². The molecule has 2 atom stereocenters. The van der Waals surface area contributed by atoms with Gasteiger partial charge in [-0.25, -0.2) is 4.39 Å². The average Bonchev–Trinajstić information content (AvgIpc) is 2.95. The Morgan fingerprint density at radius 3 is 2.74 bits per heavy atom. The lowest BCUT2D eigenvalue weighted by Crippen LogP contribution is -2.41. The molecule has 1 aromatic carbocycles. The Balaban J connectivity index is 2.24. The maximum atomic E-state index is 13.8. The third-order valence-corrected chi connectivity index (χ3v) is 4.84. The van der Waals surface area contributed by atoms with E-state index in [4.69, 9.17) is 4.52 Å². The minimum atomic E-state index is -1.26. The number of benzene rings is 1. The van der Waals surface area contributed by atoms with Crippen molar-refractivity contribution >= 4 is 11.4 Å². The lowest BCUT2D eigenvalue weighted by Gasteiger charge is -2.26. The van der Waals surface area contributed by atoms with Crippen LogP contribution in [-0.4, -0.2) is 14.5 Å². The van der Waals surface area contributed by atoms with Crippen molar-refractivity contribution in [2.75, 3.05) is 0 Å². The fourth-order valence-electron chi connectivity index (χ4n) is 1.94. The van der Waals surface area contributed by atoms with E-state index in [0.29, 0.717) is 23.4 Å². The van der Waals surface area contributed by atoms with Crippen LogP contribution in [0.15, 0.2) is 47.5 Å². The van der Waals surface area contributed by atoms with Gasteiger partial charge in [-0.15, -0.1) is 11.3 Å². The van der Waals surface area contributed by atoms with E-state index in [9.17, 15) is 8.94 Å². The third-order valence-electron chi connectivity index (χ3n) is 3.23. The molecule has 1 heterocycles. The first-order chi connectivity index (χ1) is 10.8. The predicted molar refractivity (Wildman–Crippen MR) is 90.5 cm³/mol. The molecule has 4 nitrogen and oxygen atoms in total. The zero-order valence-corrected chi connectivity index (χ0v) is 14.3. The SMILES string of the molecule is C=CCC(N[S@@+]([O-])C(C)(C)C)c1cc(-c2ccccc2F)on1. The second-order valence-electron chi connectivity index (χ2n) is 6.17. The molecule has 0 saturated heterocycles. The monoisotopic (exact) mass is 336 g/mol. The first kappa shape index (κ1) is 17.7. The number of halogens is 1. The number of hydrogen-bond acceptors (Lipinski definition) is 4. The maximum Gasteiger partial charge on any atom is 0.170 e. The number of hydrogen-bond donors (Lipinski definition) is 1. The normalized spacial score (nSPS) is 14.5. The zero-order valence-electron chi connectivity index (χ0n) is 13.5. The molecule has 23 heavy (non-hydrogen) atoms. The Kier molecular flexibility index (Phi) is 5.62. The summed E-state index contributed by atoms with van der Waals surface area (Å²) in [6, 6.07) is 7.70. The van der Waals surface area contributed by atoms with Crippen LogP contribution >= 0.6 is 0 Å². The van der Waals surface area contributed by atoms with E-state index in [1.165, 1.54) is 6.07 Å². The molecule has 1 unspecified atom stereocenters. The van der Waals surface area contributed by atoms with Crippen molar-refractivity contribution in [3.05, 3.63) is 54.5 Å². The highest BCUT2D eigenvalue weighted by molar-refractivity contribution is 7.90. The highest BCUT2D eigenvalue weighted by Gasteiger charge is 2.30. The largest absolute Gasteiger partial charge is 0.598 e. The maximum absolute atomic E-state index is 13.8. The van der Waals surface area contributed by atoms with Gasteiger partial charge in [-0.3, -0.25) is 0 Å². The summed E-state index contributed by atoms with van der Waals surface area (Å²) in [7, 11) is 0. The van der Waals surface area contributed by atoms with Gasteiger partial charge < -0.3 is 9.08 Å². The quantitative estimate of drug-likeness (QED) is 0.636. The van der Waals surface area contributed by atoms with Gasteiger partial charge >= 0.3 is 0 Å². The van der Waals surface area contributed by atoms with E-state index in [1.807, 2.05) is 20.8 Å². The van der Waals surface area contributed by atoms with Crippen LogP contribution in [-0.2, 0) is 11.4 Å². The lowest BCUT2D eigenvalue weighted by molar-refractivity contribution is 0.410. The molecule has 0 aliphatic rings. The molecule has 0 amide bonds. The predicted octanol–water partition coefficient (Wildman–Crippen LogP) is 4.15. The smallest absolute Gasteiger partial charge is 0.170 e. The van der Waals surface area contributed by atoms with Gasteiger partial charge in [0.2, 0.25) is 0 Å². The molecule has 1 N–H and O–H groups in total. The van der Waals surface area contributed by atoms with Gasteiger partial charge in [-0.05, 0) is 39.3 Å². The molecule has 0 fully saturated rings. The number of aromatic nitrogens is 1. The molecule has 2 aromatic rings. The van der Waals surface area contributed by atoms with Crippen LogP contribution in [0.5, 0.6) is 0 Å². The Morgan fingerprint density at radius 1 is 1.43 bits per heavy atom. The molecule has 0 saturated carbocycles. The van der Waals surface area contributed by atoms with Crippen molar-refractivity contribution in [3.63, 3.8) is 0 Å². The van der Waals surface area contributed by atoms with Gasteiger partial charge in [0, 0.05) is 17.4 Å². The molecular weight excluding hydrogens is 315 g/mol. The van der Waals surface area contributed by atoms with Crippen LogP contribution in [0.4, 0.5) is 4.39 Å². The highest BCUT2D eigenvalue weighted by atomic mass is 32.2. The number of rotatable bonds is 6. The zero-order chi connectivity index (χ0) is 17.0.